The molecule has 2 rings (SSSR count). The average molecular weight is 191 g/mol. The standard InChI is InChI=1S/C11H13NS/c1-7(2)11-10-8(3)5-4-6-9(10)13-12-11/h4-7H,1-3H3. The first-order chi connectivity index (χ1) is 6.20. The quantitative estimate of drug-likeness (QED) is 0.669. The van der Waals surface area contributed by atoms with Crippen molar-refractivity contribution in [2.45, 2.75) is 26.7 Å². The molecule has 0 spiro atoms. The molecule has 0 N–H and O–H groups in total. The Morgan fingerprint density at radius 2 is 2.08 bits per heavy atom. The fourth-order valence-electron chi connectivity index (χ4n) is 1.58. The SMILES string of the molecule is Cc1cccc2snc(C(C)C)c12. The van der Waals surface area contributed by atoms with Gasteiger partial charge in [-0.15, -0.1) is 0 Å². The highest BCUT2D eigenvalue weighted by molar-refractivity contribution is 7.13. The van der Waals surface area contributed by atoms with Crippen LogP contribution in [-0.2, 0) is 0 Å². The van der Waals surface area contributed by atoms with Crippen LogP contribution in [0.5, 0.6) is 0 Å². The zero-order chi connectivity index (χ0) is 9.42. The van der Waals surface area contributed by atoms with Gasteiger partial charge in [0.15, 0.2) is 0 Å². The molecule has 1 aromatic heterocycles. The molecule has 1 heterocycles. The Morgan fingerprint density at radius 1 is 1.31 bits per heavy atom. The lowest BCUT2D eigenvalue weighted by atomic mass is 10.0. The minimum atomic E-state index is 0.523. The van der Waals surface area contributed by atoms with Gasteiger partial charge in [0.1, 0.15) is 0 Å². The molecule has 68 valence electrons. The molecule has 0 aliphatic rings. The van der Waals surface area contributed by atoms with Crippen LogP contribution in [0.1, 0.15) is 31.0 Å². The summed E-state index contributed by atoms with van der Waals surface area (Å²) in [6, 6.07) is 6.40. The Kier molecular flexibility index (Phi) is 2.08. The van der Waals surface area contributed by atoms with Crippen molar-refractivity contribution >= 4 is 21.6 Å². The molecule has 0 atom stereocenters. The summed E-state index contributed by atoms with van der Waals surface area (Å²) < 4.78 is 5.81. The first kappa shape index (κ1) is 8.70. The topological polar surface area (TPSA) is 12.9 Å². The van der Waals surface area contributed by atoms with E-state index in [2.05, 4.69) is 43.3 Å². The van der Waals surface area contributed by atoms with Gasteiger partial charge in [-0.1, -0.05) is 26.0 Å². The molecule has 0 saturated heterocycles. The first-order valence-electron chi connectivity index (χ1n) is 4.55. The first-order valence-corrected chi connectivity index (χ1v) is 5.32. The molecular weight excluding hydrogens is 178 g/mol. The van der Waals surface area contributed by atoms with Gasteiger partial charge in [0, 0.05) is 5.39 Å². The third-order valence-electron chi connectivity index (χ3n) is 2.28. The predicted molar refractivity (Wildman–Crippen MR) is 58.4 cm³/mol. The number of nitrogens with zero attached hydrogens (tertiary/aromatic N) is 1. The molecule has 1 nitrogen and oxygen atoms in total. The summed E-state index contributed by atoms with van der Waals surface area (Å²) in [6.45, 7) is 6.55. The zero-order valence-electron chi connectivity index (χ0n) is 8.16. The molecule has 2 aromatic rings. The van der Waals surface area contributed by atoms with Crippen LogP contribution in [0.2, 0.25) is 0 Å². The van der Waals surface area contributed by atoms with Crippen LogP contribution in [0, 0.1) is 6.92 Å². The summed E-state index contributed by atoms with van der Waals surface area (Å²) >= 11 is 1.61. The normalized spacial score (nSPS) is 11.4. The number of benzene rings is 1. The highest BCUT2D eigenvalue weighted by atomic mass is 32.1. The van der Waals surface area contributed by atoms with Gasteiger partial charge in [0.2, 0.25) is 0 Å². The molecule has 0 fully saturated rings. The molecule has 0 amide bonds. The van der Waals surface area contributed by atoms with Crippen molar-refractivity contribution in [1.29, 1.82) is 0 Å². The van der Waals surface area contributed by atoms with Gasteiger partial charge in [0.25, 0.3) is 0 Å². The molecule has 13 heavy (non-hydrogen) atoms. The third kappa shape index (κ3) is 1.35. The van der Waals surface area contributed by atoms with Gasteiger partial charge < -0.3 is 0 Å². The lowest BCUT2D eigenvalue weighted by Gasteiger charge is -2.02. The van der Waals surface area contributed by atoms with Crippen LogP contribution in [0.25, 0.3) is 10.1 Å². The van der Waals surface area contributed by atoms with E-state index in [0.29, 0.717) is 5.92 Å². The van der Waals surface area contributed by atoms with E-state index in [0.717, 1.165) is 0 Å². The molecule has 0 unspecified atom stereocenters. The maximum atomic E-state index is 4.50. The van der Waals surface area contributed by atoms with Crippen LogP contribution in [0.4, 0.5) is 0 Å². The number of hydrogen-bond donors (Lipinski definition) is 0. The van der Waals surface area contributed by atoms with E-state index >= 15 is 0 Å². The monoisotopic (exact) mass is 191 g/mol. The van der Waals surface area contributed by atoms with Gasteiger partial charge in [-0.05, 0) is 36.0 Å². The van der Waals surface area contributed by atoms with Crippen molar-refractivity contribution in [2.75, 3.05) is 0 Å². The van der Waals surface area contributed by atoms with E-state index in [9.17, 15) is 0 Å². The molecule has 0 radical (unpaired) electrons. The number of aryl methyl sites for hydroxylation is 1. The smallest absolute Gasteiger partial charge is 0.0648 e. The average Bonchev–Trinajstić information content (AvgIpc) is 2.49. The summed E-state index contributed by atoms with van der Waals surface area (Å²) in [4.78, 5) is 0. The molecular formula is C11H13NS. The minimum absolute atomic E-state index is 0.523. The summed E-state index contributed by atoms with van der Waals surface area (Å²) in [5, 5.41) is 1.36. The van der Waals surface area contributed by atoms with Gasteiger partial charge in [-0.2, -0.15) is 4.37 Å². The van der Waals surface area contributed by atoms with Crippen LogP contribution in [-0.4, -0.2) is 4.37 Å². The van der Waals surface area contributed by atoms with Crippen molar-refractivity contribution in [3.63, 3.8) is 0 Å². The van der Waals surface area contributed by atoms with Gasteiger partial charge in [-0.3, -0.25) is 0 Å². The van der Waals surface area contributed by atoms with E-state index < -0.39 is 0 Å². The lowest BCUT2D eigenvalue weighted by Crippen LogP contribution is -1.88. The molecule has 2 heteroatoms. The largest absolute Gasteiger partial charge is 0.196 e. The second kappa shape index (κ2) is 3.11. The fraction of sp³-hybridized carbons (Fsp3) is 0.364. The van der Waals surface area contributed by atoms with E-state index in [1.807, 2.05) is 0 Å². The summed E-state index contributed by atoms with van der Waals surface area (Å²) in [5.41, 5.74) is 2.59. The van der Waals surface area contributed by atoms with E-state index in [1.54, 1.807) is 11.5 Å². The maximum Gasteiger partial charge on any atom is 0.0648 e. The van der Waals surface area contributed by atoms with Crippen molar-refractivity contribution in [3.8, 4) is 0 Å². The van der Waals surface area contributed by atoms with Gasteiger partial charge in [0.05, 0.1) is 10.4 Å². The molecule has 0 aliphatic heterocycles. The Bertz CT molecular complexity index is 429. The van der Waals surface area contributed by atoms with Gasteiger partial charge in [-0.25, -0.2) is 0 Å². The highest BCUT2D eigenvalue weighted by Crippen LogP contribution is 2.30. The predicted octanol–water partition coefficient (Wildman–Crippen LogP) is 3.73. The summed E-state index contributed by atoms with van der Waals surface area (Å²) in [6.07, 6.45) is 0. The Hall–Kier alpha value is -0.890. The summed E-state index contributed by atoms with van der Waals surface area (Å²) in [5.74, 6) is 0.523. The van der Waals surface area contributed by atoms with Crippen molar-refractivity contribution in [2.24, 2.45) is 0 Å². The second-order valence-corrected chi connectivity index (χ2v) is 4.48. The van der Waals surface area contributed by atoms with Crippen molar-refractivity contribution < 1.29 is 0 Å². The minimum Gasteiger partial charge on any atom is -0.196 e. The van der Waals surface area contributed by atoms with Crippen molar-refractivity contribution in [1.82, 2.24) is 4.37 Å². The summed E-state index contributed by atoms with van der Waals surface area (Å²) in [7, 11) is 0. The molecule has 0 bridgehead atoms. The zero-order valence-corrected chi connectivity index (χ0v) is 8.98. The van der Waals surface area contributed by atoms with Crippen LogP contribution in [0.15, 0.2) is 18.2 Å². The van der Waals surface area contributed by atoms with E-state index in [-0.39, 0.29) is 0 Å². The highest BCUT2D eigenvalue weighted by Gasteiger charge is 2.10. The van der Waals surface area contributed by atoms with Gasteiger partial charge >= 0.3 is 0 Å². The molecule has 1 aromatic carbocycles. The van der Waals surface area contributed by atoms with Crippen LogP contribution < -0.4 is 0 Å². The maximum absolute atomic E-state index is 4.50. The number of rotatable bonds is 1. The van der Waals surface area contributed by atoms with Crippen molar-refractivity contribution in [3.05, 3.63) is 29.5 Å². The molecule has 0 aliphatic carbocycles. The number of aromatic nitrogens is 1. The fourth-order valence-corrected chi connectivity index (χ4v) is 2.58. The Morgan fingerprint density at radius 3 is 2.77 bits per heavy atom. The van der Waals surface area contributed by atoms with E-state index in [1.165, 1.54) is 21.3 Å². The van der Waals surface area contributed by atoms with Crippen LogP contribution in [0.3, 0.4) is 0 Å². The third-order valence-corrected chi connectivity index (χ3v) is 3.10. The van der Waals surface area contributed by atoms with Crippen LogP contribution >= 0.6 is 11.5 Å². The second-order valence-electron chi connectivity index (χ2n) is 3.67. The molecule has 0 saturated carbocycles. The van der Waals surface area contributed by atoms with E-state index in [4.69, 9.17) is 0 Å². The Labute approximate surface area is 82.6 Å². The lowest BCUT2D eigenvalue weighted by molar-refractivity contribution is 0.849. The number of hydrogen-bond acceptors (Lipinski definition) is 2. The number of fused-ring (bicyclic) bond motifs is 1. The Balaban J connectivity index is 2.79.